The maximum atomic E-state index is 12.6. The zero-order chi connectivity index (χ0) is 28.4. The summed E-state index contributed by atoms with van der Waals surface area (Å²) in [6.07, 6.45) is 23.8. The van der Waals surface area contributed by atoms with E-state index in [0.717, 1.165) is 12.5 Å². The van der Waals surface area contributed by atoms with E-state index < -0.39 is 8.32 Å². The Morgan fingerprint density at radius 1 is 0.667 bits per heavy atom. The largest absolute Gasteiger partial charge is 0.454 e. The number of carbonyl (C=O) groups excluding carboxylic acids is 1. The second-order valence-corrected chi connectivity index (χ2v) is 16.3. The van der Waals surface area contributed by atoms with Gasteiger partial charge < -0.3 is 13.9 Å². The lowest BCUT2D eigenvalue weighted by Crippen LogP contribution is -2.37. The standard InChI is InChI=1S/C34H62O4Si/c1-5-7-9-10-11-12-13-14-15-16-17-18-19-20-21-25-28-36-30-33(31-37-39(3,4)29-8-6-2)38-34(35)32-26-23-22-24-27-32/h22-24,26-27,33H,5-21,25,28-31H2,1-4H3/t33-/m1/s1. The van der Waals surface area contributed by atoms with Gasteiger partial charge in [0.25, 0.3) is 0 Å². The topological polar surface area (TPSA) is 44.8 Å². The molecule has 4 nitrogen and oxygen atoms in total. The minimum absolute atomic E-state index is 0.303. The van der Waals surface area contributed by atoms with E-state index in [1.54, 1.807) is 12.1 Å². The van der Waals surface area contributed by atoms with E-state index in [1.807, 2.05) is 18.2 Å². The molecule has 0 bridgehead atoms. The van der Waals surface area contributed by atoms with Crippen LogP contribution in [0.25, 0.3) is 0 Å². The average Bonchev–Trinajstić information content (AvgIpc) is 2.94. The van der Waals surface area contributed by atoms with Gasteiger partial charge in [-0.1, -0.05) is 141 Å². The molecule has 0 aliphatic heterocycles. The zero-order valence-electron chi connectivity index (χ0n) is 26.2. The molecule has 0 N–H and O–H groups in total. The minimum Gasteiger partial charge on any atom is -0.454 e. The van der Waals surface area contributed by atoms with Gasteiger partial charge in [-0.15, -0.1) is 0 Å². The van der Waals surface area contributed by atoms with Crippen LogP contribution in [0, 0.1) is 0 Å². The van der Waals surface area contributed by atoms with E-state index in [2.05, 4.69) is 26.9 Å². The highest BCUT2D eigenvalue weighted by atomic mass is 28.4. The summed E-state index contributed by atoms with van der Waals surface area (Å²) in [5.41, 5.74) is 0.572. The molecule has 0 aliphatic carbocycles. The van der Waals surface area contributed by atoms with Gasteiger partial charge in [-0.2, -0.15) is 0 Å². The number of benzene rings is 1. The van der Waals surface area contributed by atoms with E-state index in [4.69, 9.17) is 13.9 Å². The number of hydrogen-bond donors (Lipinski definition) is 0. The van der Waals surface area contributed by atoms with Crippen molar-refractivity contribution >= 4 is 14.3 Å². The van der Waals surface area contributed by atoms with Crippen molar-refractivity contribution in [1.82, 2.24) is 0 Å². The van der Waals surface area contributed by atoms with Gasteiger partial charge in [-0.3, -0.25) is 0 Å². The van der Waals surface area contributed by atoms with Crippen molar-refractivity contribution in [3.05, 3.63) is 35.9 Å². The third kappa shape index (κ3) is 21.3. The first-order chi connectivity index (χ1) is 19.0. The van der Waals surface area contributed by atoms with Crippen molar-refractivity contribution < 1.29 is 18.7 Å². The van der Waals surface area contributed by atoms with Gasteiger partial charge in [-0.25, -0.2) is 4.79 Å². The monoisotopic (exact) mass is 562 g/mol. The molecular formula is C34H62O4Si. The molecule has 1 rings (SSSR count). The van der Waals surface area contributed by atoms with Gasteiger partial charge in [0.1, 0.15) is 6.10 Å². The fraction of sp³-hybridized carbons (Fsp3) is 0.794. The van der Waals surface area contributed by atoms with Crippen LogP contribution in [0.15, 0.2) is 30.3 Å². The van der Waals surface area contributed by atoms with E-state index in [-0.39, 0.29) is 12.1 Å². The van der Waals surface area contributed by atoms with Crippen molar-refractivity contribution in [2.45, 2.75) is 155 Å². The summed E-state index contributed by atoms with van der Waals surface area (Å²) in [5.74, 6) is -0.303. The molecule has 1 atom stereocenters. The van der Waals surface area contributed by atoms with Gasteiger partial charge in [0.2, 0.25) is 0 Å². The summed E-state index contributed by atoms with van der Waals surface area (Å²) in [4.78, 5) is 12.6. The highest BCUT2D eigenvalue weighted by Gasteiger charge is 2.25. The molecule has 0 heterocycles. The number of hydrogen-bond acceptors (Lipinski definition) is 4. The summed E-state index contributed by atoms with van der Waals surface area (Å²) >= 11 is 0. The summed E-state index contributed by atoms with van der Waals surface area (Å²) in [6, 6.07) is 10.3. The third-order valence-electron chi connectivity index (χ3n) is 7.52. The molecule has 0 saturated carbocycles. The number of rotatable bonds is 27. The Morgan fingerprint density at radius 2 is 1.15 bits per heavy atom. The summed E-state index contributed by atoms with van der Waals surface area (Å²) in [5, 5.41) is 0. The van der Waals surface area contributed by atoms with Crippen molar-refractivity contribution in [1.29, 1.82) is 0 Å². The molecule has 1 aromatic carbocycles. The molecule has 226 valence electrons. The van der Waals surface area contributed by atoms with Crippen LogP contribution in [0.4, 0.5) is 0 Å². The Labute approximate surface area is 243 Å². The molecule has 0 amide bonds. The Bertz CT molecular complexity index is 679. The van der Waals surface area contributed by atoms with Crippen LogP contribution in [0.5, 0.6) is 0 Å². The molecule has 5 heteroatoms. The summed E-state index contributed by atoms with van der Waals surface area (Å²) in [7, 11) is -1.76. The smallest absolute Gasteiger partial charge is 0.338 e. The Morgan fingerprint density at radius 3 is 1.67 bits per heavy atom. The van der Waals surface area contributed by atoms with Crippen molar-refractivity contribution in [3.8, 4) is 0 Å². The van der Waals surface area contributed by atoms with Crippen molar-refractivity contribution in [3.63, 3.8) is 0 Å². The quantitative estimate of drug-likeness (QED) is 0.0607. The van der Waals surface area contributed by atoms with E-state index in [9.17, 15) is 4.79 Å². The van der Waals surface area contributed by atoms with Crippen molar-refractivity contribution in [2.75, 3.05) is 19.8 Å². The van der Waals surface area contributed by atoms with Crippen LogP contribution >= 0.6 is 0 Å². The van der Waals surface area contributed by atoms with Gasteiger partial charge in [0.05, 0.1) is 18.8 Å². The molecule has 0 fully saturated rings. The van der Waals surface area contributed by atoms with Crippen LogP contribution in [0.3, 0.4) is 0 Å². The normalized spacial score (nSPS) is 12.5. The lowest BCUT2D eigenvalue weighted by atomic mass is 10.0. The predicted molar refractivity (Wildman–Crippen MR) is 169 cm³/mol. The zero-order valence-corrected chi connectivity index (χ0v) is 27.2. The van der Waals surface area contributed by atoms with Crippen LogP contribution in [0.1, 0.15) is 140 Å². The predicted octanol–water partition coefficient (Wildman–Crippen LogP) is 10.5. The minimum atomic E-state index is -1.76. The van der Waals surface area contributed by atoms with E-state index >= 15 is 0 Å². The summed E-state index contributed by atoms with van der Waals surface area (Å²) < 4.78 is 18.1. The van der Waals surface area contributed by atoms with Gasteiger partial charge >= 0.3 is 5.97 Å². The summed E-state index contributed by atoms with van der Waals surface area (Å²) in [6.45, 7) is 10.5. The second-order valence-electron chi connectivity index (χ2n) is 11.9. The van der Waals surface area contributed by atoms with Crippen LogP contribution in [-0.4, -0.2) is 40.2 Å². The maximum absolute atomic E-state index is 12.6. The van der Waals surface area contributed by atoms with Gasteiger partial charge in [-0.05, 0) is 37.7 Å². The number of carbonyl (C=O) groups is 1. The number of ether oxygens (including phenoxy) is 2. The van der Waals surface area contributed by atoms with Gasteiger partial charge in [0, 0.05) is 6.61 Å². The second kappa shape index (κ2) is 24.6. The molecular weight excluding hydrogens is 500 g/mol. The fourth-order valence-electron chi connectivity index (χ4n) is 4.87. The first kappa shape index (κ1) is 35.9. The lowest BCUT2D eigenvalue weighted by Gasteiger charge is -2.26. The van der Waals surface area contributed by atoms with Crippen LogP contribution in [-0.2, 0) is 13.9 Å². The number of unbranched alkanes of at least 4 members (excludes halogenated alkanes) is 16. The molecule has 0 aliphatic rings. The fourth-order valence-corrected chi connectivity index (χ4v) is 6.86. The molecule has 1 aromatic rings. The molecule has 0 radical (unpaired) electrons. The molecule has 0 spiro atoms. The van der Waals surface area contributed by atoms with E-state index in [1.165, 1.54) is 109 Å². The molecule has 0 aromatic heterocycles. The van der Waals surface area contributed by atoms with Gasteiger partial charge in [0.15, 0.2) is 8.32 Å². The van der Waals surface area contributed by atoms with Crippen LogP contribution in [0.2, 0.25) is 19.1 Å². The molecule has 39 heavy (non-hydrogen) atoms. The first-order valence-electron chi connectivity index (χ1n) is 16.5. The number of esters is 1. The maximum Gasteiger partial charge on any atom is 0.338 e. The Kier molecular flexibility index (Phi) is 22.6. The average molecular weight is 563 g/mol. The van der Waals surface area contributed by atoms with Crippen LogP contribution < -0.4 is 0 Å². The third-order valence-corrected chi connectivity index (χ3v) is 10.0. The molecule has 0 unspecified atom stereocenters. The van der Waals surface area contributed by atoms with E-state index in [0.29, 0.717) is 25.4 Å². The lowest BCUT2D eigenvalue weighted by molar-refractivity contribution is -0.0217. The highest BCUT2D eigenvalue weighted by Crippen LogP contribution is 2.17. The first-order valence-corrected chi connectivity index (χ1v) is 19.6. The van der Waals surface area contributed by atoms with Crippen molar-refractivity contribution in [2.24, 2.45) is 0 Å². The Balaban J connectivity index is 2.12. The highest BCUT2D eigenvalue weighted by molar-refractivity contribution is 6.71. The SMILES string of the molecule is CCCCCCCCCCCCCCCCCCOC[C@H](CO[Si](C)(C)CCCC)OC(=O)c1ccccc1. The Hall–Kier alpha value is -1.17. The molecule has 0 saturated heterocycles.